The standard InChI is InChI=1S/C19H41NO3/c1-18(2,3)16-20-10-7-11-21-12-8-13-22-14-9-15-23-17-19(4,5)6/h20H,7-17H2,1-6H3. The number of nitrogens with one attached hydrogen (secondary N) is 1. The van der Waals surface area contributed by atoms with Crippen LogP contribution in [0, 0.1) is 10.8 Å². The lowest BCUT2D eigenvalue weighted by molar-refractivity contribution is 0.0418. The lowest BCUT2D eigenvalue weighted by Crippen LogP contribution is -2.28. The van der Waals surface area contributed by atoms with E-state index in [0.29, 0.717) is 5.41 Å². The second-order valence-electron chi connectivity index (χ2n) is 8.64. The van der Waals surface area contributed by atoms with Crippen molar-refractivity contribution in [3.63, 3.8) is 0 Å². The molecule has 0 aromatic heterocycles. The molecule has 0 rings (SSSR count). The number of rotatable bonds is 14. The molecule has 0 atom stereocenters. The highest BCUT2D eigenvalue weighted by Crippen LogP contribution is 2.12. The Hall–Kier alpha value is -0.160. The first-order valence-corrected chi connectivity index (χ1v) is 9.15. The van der Waals surface area contributed by atoms with Gasteiger partial charge >= 0.3 is 0 Å². The maximum atomic E-state index is 5.60. The predicted molar refractivity (Wildman–Crippen MR) is 98.1 cm³/mol. The van der Waals surface area contributed by atoms with Crippen molar-refractivity contribution in [3.8, 4) is 0 Å². The second kappa shape index (κ2) is 13.2. The van der Waals surface area contributed by atoms with E-state index in [1.165, 1.54) is 0 Å². The van der Waals surface area contributed by atoms with Gasteiger partial charge in [-0.2, -0.15) is 0 Å². The summed E-state index contributed by atoms with van der Waals surface area (Å²) >= 11 is 0. The minimum absolute atomic E-state index is 0.250. The molecule has 0 aliphatic rings. The van der Waals surface area contributed by atoms with Crippen LogP contribution in [0.25, 0.3) is 0 Å². The van der Waals surface area contributed by atoms with Crippen molar-refractivity contribution >= 4 is 0 Å². The first-order valence-electron chi connectivity index (χ1n) is 9.15. The van der Waals surface area contributed by atoms with Crippen LogP contribution in [0.4, 0.5) is 0 Å². The van der Waals surface area contributed by atoms with Crippen LogP contribution in [0.5, 0.6) is 0 Å². The summed E-state index contributed by atoms with van der Waals surface area (Å²) in [7, 11) is 0. The normalized spacial score (nSPS) is 12.8. The largest absolute Gasteiger partial charge is 0.381 e. The molecule has 0 unspecified atom stereocenters. The van der Waals surface area contributed by atoms with Gasteiger partial charge in [0.05, 0.1) is 6.61 Å². The summed E-state index contributed by atoms with van der Waals surface area (Å²) in [5, 5.41) is 3.45. The van der Waals surface area contributed by atoms with Gasteiger partial charge in [-0.05, 0) is 43.2 Å². The molecule has 0 saturated heterocycles. The number of hydrogen-bond acceptors (Lipinski definition) is 4. The number of ether oxygens (including phenoxy) is 3. The molecule has 0 aromatic carbocycles. The molecule has 4 heteroatoms. The quantitative estimate of drug-likeness (QED) is 0.490. The zero-order chi connectivity index (χ0) is 17.6. The van der Waals surface area contributed by atoms with Gasteiger partial charge < -0.3 is 19.5 Å². The molecule has 0 saturated carbocycles. The first kappa shape index (κ1) is 22.8. The average molecular weight is 332 g/mol. The molecule has 0 aromatic rings. The van der Waals surface area contributed by atoms with Gasteiger partial charge in [-0.15, -0.1) is 0 Å². The predicted octanol–water partition coefficient (Wildman–Crippen LogP) is 3.89. The Morgan fingerprint density at radius 2 is 1.09 bits per heavy atom. The molecule has 0 radical (unpaired) electrons. The van der Waals surface area contributed by atoms with E-state index < -0.39 is 0 Å². The highest BCUT2D eigenvalue weighted by molar-refractivity contribution is 4.64. The van der Waals surface area contributed by atoms with Crippen molar-refractivity contribution in [2.45, 2.75) is 60.8 Å². The van der Waals surface area contributed by atoms with Gasteiger partial charge in [-0.25, -0.2) is 0 Å². The molecule has 0 aliphatic carbocycles. The van der Waals surface area contributed by atoms with E-state index in [4.69, 9.17) is 14.2 Å². The fraction of sp³-hybridized carbons (Fsp3) is 1.00. The van der Waals surface area contributed by atoms with Crippen LogP contribution in [-0.2, 0) is 14.2 Å². The average Bonchev–Trinajstić information content (AvgIpc) is 2.40. The van der Waals surface area contributed by atoms with E-state index in [1.807, 2.05) is 0 Å². The maximum Gasteiger partial charge on any atom is 0.0514 e. The van der Waals surface area contributed by atoms with E-state index >= 15 is 0 Å². The minimum Gasteiger partial charge on any atom is -0.381 e. The molecule has 0 fully saturated rings. The summed E-state index contributed by atoms with van der Waals surface area (Å²) in [5.41, 5.74) is 0.608. The summed E-state index contributed by atoms with van der Waals surface area (Å²) in [4.78, 5) is 0. The van der Waals surface area contributed by atoms with Crippen LogP contribution in [-0.4, -0.2) is 52.7 Å². The topological polar surface area (TPSA) is 39.7 Å². The molecular weight excluding hydrogens is 290 g/mol. The Bertz CT molecular complexity index is 230. The molecule has 0 spiro atoms. The fourth-order valence-corrected chi connectivity index (χ4v) is 1.87. The Labute approximate surface area is 144 Å². The van der Waals surface area contributed by atoms with Gasteiger partial charge in [-0.1, -0.05) is 41.5 Å². The van der Waals surface area contributed by atoms with Crippen LogP contribution in [0.1, 0.15) is 60.8 Å². The zero-order valence-electron chi connectivity index (χ0n) is 16.5. The van der Waals surface area contributed by atoms with Crippen LogP contribution in [0.3, 0.4) is 0 Å². The molecule has 140 valence electrons. The third kappa shape index (κ3) is 21.8. The highest BCUT2D eigenvalue weighted by atomic mass is 16.5. The van der Waals surface area contributed by atoms with Crippen molar-refractivity contribution in [1.82, 2.24) is 5.32 Å². The molecule has 23 heavy (non-hydrogen) atoms. The van der Waals surface area contributed by atoms with Crippen molar-refractivity contribution in [3.05, 3.63) is 0 Å². The fourth-order valence-electron chi connectivity index (χ4n) is 1.87. The molecule has 4 nitrogen and oxygen atoms in total. The van der Waals surface area contributed by atoms with E-state index in [1.54, 1.807) is 0 Å². The molecule has 0 aliphatic heterocycles. The Kier molecular flexibility index (Phi) is 13.1. The van der Waals surface area contributed by atoms with E-state index in [0.717, 1.165) is 72.0 Å². The van der Waals surface area contributed by atoms with Crippen LogP contribution in [0.15, 0.2) is 0 Å². The van der Waals surface area contributed by atoms with Gasteiger partial charge in [0.15, 0.2) is 0 Å². The summed E-state index contributed by atoms with van der Waals surface area (Å²) in [6, 6.07) is 0. The van der Waals surface area contributed by atoms with Gasteiger partial charge in [0, 0.05) is 33.0 Å². The van der Waals surface area contributed by atoms with Crippen molar-refractivity contribution in [2.24, 2.45) is 10.8 Å². The van der Waals surface area contributed by atoms with Crippen LogP contribution >= 0.6 is 0 Å². The number of hydrogen-bond donors (Lipinski definition) is 1. The highest BCUT2D eigenvalue weighted by Gasteiger charge is 2.09. The van der Waals surface area contributed by atoms with Gasteiger partial charge in [0.25, 0.3) is 0 Å². The van der Waals surface area contributed by atoms with Gasteiger partial charge in [0.1, 0.15) is 0 Å². The Morgan fingerprint density at radius 3 is 1.57 bits per heavy atom. The molecule has 0 bridgehead atoms. The zero-order valence-corrected chi connectivity index (χ0v) is 16.5. The molecule has 1 N–H and O–H groups in total. The molecule has 0 heterocycles. The second-order valence-corrected chi connectivity index (χ2v) is 8.64. The van der Waals surface area contributed by atoms with Crippen molar-refractivity contribution in [2.75, 3.05) is 52.7 Å². The summed E-state index contributed by atoms with van der Waals surface area (Å²) in [6.45, 7) is 20.1. The Morgan fingerprint density at radius 1 is 0.609 bits per heavy atom. The minimum atomic E-state index is 0.250. The monoisotopic (exact) mass is 331 g/mol. The maximum absolute atomic E-state index is 5.60. The van der Waals surface area contributed by atoms with E-state index in [9.17, 15) is 0 Å². The van der Waals surface area contributed by atoms with Crippen LogP contribution < -0.4 is 5.32 Å². The van der Waals surface area contributed by atoms with Crippen molar-refractivity contribution < 1.29 is 14.2 Å². The molecule has 0 amide bonds. The van der Waals surface area contributed by atoms with E-state index in [-0.39, 0.29) is 5.41 Å². The van der Waals surface area contributed by atoms with Crippen LogP contribution in [0.2, 0.25) is 0 Å². The summed E-state index contributed by atoms with van der Waals surface area (Å²) < 4.78 is 16.8. The SMILES string of the molecule is CC(C)(C)CNCCCOCCCOCCCOCC(C)(C)C. The first-order chi connectivity index (χ1) is 10.7. The van der Waals surface area contributed by atoms with Crippen molar-refractivity contribution in [1.29, 1.82) is 0 Å². The molecular formula is C19H41NO3. The Balaban J connectivity index is 3.08. The van der Waals surface area contributed by atoms with E-state index in [2.05, 4.69) is 46.9 Å². The lowest BCUT2D eigenvalue weighted by Gasteiger charge is -2.18. The van der Waals surface area contributed by atoms with Gasteiger partial charge in [0.2, 0.25) is 0 Å². The smallest absolute Gasteiger partial charge is 0.0514 e. The summed E-state index contributed by atoms with van der Waals surface area (Å²) in [5.74, 6) is 0. The third-order valence-corrected chi connectivity index (χ3v) is 2.99. The van der Waals surface area contributed by atoms with Gasteiger partial charge in [-0.3, -0.25) is 0 Å². The third-order valence-electron chi connectivity index (χ3n) is 2.99. The lowest BCUT2D eigenvalue weighted by atomic mass is 9.97. The summed E-state index contributed by atoms with van der Waals surface area (Å²) in [6.07, 6.45) is 3.01.